The number of hydrogen-bond donors (Lipinski definition) is 1. The smallest absolute Gasteiger partial charge is 0.284 e. The maximum absolute atomic E-state index is 11.5. The molecule has 0 saturated heterocycles. The Kier molecular flexibility index (Phi) is 3.18. The number of carbonyl (C=O) groups is 1. The predicted molar refractivity (Wildman–Crippen MR) is 52.1 cm³/mol. The first kappa shape index (κ1) is 9.91. The summed E-state index contributed by atoms with van der Waals surface area (Å²) < 4.78 is 0. The second-order valence-electron chi connectivity index (χ2n) is 2.48. The molecule has 0 fully saturated rings. The molecule has 0 aliphatic heterocycles. The Balaban J connectivity index is 2.77. The lowest BCUT2D eigenvalue weighted by molar-refractivity contribution is 0.0801. The first-order chi connectivity index (χ1) is 6.19. The van der Waals surface area contributed by atoms with Crippen LogP contribution in [-0.2, 0) is 0 Å². The number of aromatic nitrogens is 2. The summed E-state index contributed by atoms with van der Waals surface area (Å²) in [5.41, 5.74) is 0. The van der Waals surface area contributed by atoms with E-state index in [4.69, 9.17) is 0 Å². The van der Waals surface area contributed by atoms with Gasteiger partial charge in [-0.2, -0.15) is 0 Å². The van der Waals surface area contributed by atoms with Gasteiger partial charge >= 0.3 is 0 Å². The Bertz CT molecular complexity index is 298. The average molecular weight is 200 g/mol. The minimum absolute atomic E-state index is 0.0819. The summed E-state index contributed by atoms with van der Waals surface area (Å²) in [6, 6.07) is 0. The van der Waals surface area contributed by atoms with Crippen LogP contribution in [0, 0.1) is 0 Å². The molecular weight excluding hydrogens is 188 g/mol. The molecule has 6 heteroatoms. The zero-order chi connectivity index (χ0) is 9.84. The molecule has 1 aromatic heterocycles. The van der Waals surface area contributed by atoms with E-state index >= 15 is 0 Å². The van der Waals surface area contributed by atoms with Gasteiger partial charge in [-0.15, -0.1) is 10.2 Å². The molecule has 1 aromatic rings. The topological polar surface area (TPSA) is 58.1 Å². The van der Waals surface area contributed by atoms with Crippen LogP contribution in [-0.4, -0.2) is 41.6 Å². The van der Waals surface area contributed by atoms with E-state index in [9.17, 15) is 4.79 Å². The monoisotopic (exact) mass is 200 g/mol. The van der Waals surface area contributed by atoms with Crippen molar-refractivity contribution in [1.29, 1.82) is 0 Å². The predicted octanol–water partition coefficient (Wildman–Crippen LogP) is 0.672. The highest BCUT2D eigenvalue weighted by molar-refractivity contribution is 7.17. The molecule has 13 heavy (non-hydrogen) atoms. The van der Waals surface area contributed by atoms with Gasteiger partial charge in [0.1, 0.15) is 0 Å². The summed E-state index contributed by atoms with van der Waals surface area (Å²) in [5.74, 6) is -0.0819. The van der Waals surface area contributed by atoms with Gasteiger partial charge in [-0.3, -0.25) is 4.79 Å². The molecule has 0 spiro atoms. The number of nitrogens with one attached hydrogen (secondary N) is 1. The highest BCUT2D eigenvalue weighted by Gasteiger charge is 2.15. The fraction of sp³-hybridized carbons (Fsp3) is 0.571. The van der Waals surface area contributed by atoms with E-state index in [1.807, 2.05) is 6.92 Å². The molecule has 0 saturated carbocycles. The van der Waals surface area contributed by atoms with Crippen LogP contribution in [0.15, 0.2) is 0 Å². The van der Waals surface area contributed by atoms with Crippen molar-refractivity contribution in [2.75, 3.05) is 26.0 Å². The molecule has 1 rings (SSSR count). The second kappa shape index (κ2) is 4.18. The molecule has 0 aliphatic rings. The normalized spacial score (nSPS) is 9.77. The van der Waals surface area contributed by atoms with Crippen LogP contribution >= 0.6 is 11.3 Å². The van der Waals surface area contributed by atoms with Crippen LogP contribution in [0.1, 0.15) is 16.7 Å². The van der Waals surface area contributed by atoms with Gasteiger partial charge in [0.25, 0.3) is 5.91 Å². The van der Waals surface area contributed by atoms with Gasteiger partial charge in [0.15, 0.2) is 0 Å². The highest BCUT2D eigenvalue weighted by atomic mass is 32.1. The summed E-state index contributed by atoms with van der Waals surface area (Å²) in [6.45, 7) is 2.59. The maximum Gasteiger partial charge on any atom is 0.284 e. The average Bonchev–Trinajstić information content (AvgIpc) is 2.63. The Hall–Kier alpha value is -1.17. The van der Waals surface area contributed by atoms with Crippen LogP contribution < -0.4 is 5.32 Å². The Morgan fingerprint density at radius 1 is 1.62 bits per heavy atom. The quantitative estimate of drug-likeness (QED) is 0.779. The molecule has 1 amide bonds. The molecule has 1 N–H and O–H groups in total. The summed E-state index contributed by atoms with van der Waals surface area (Å²) >= 11 is 1.26. The number of rotatable bonds is 3. The van der Waals surface area contributed by atoms with Crippen molar-refractivity contribution in [2.45, 2.75) is 6.92 Å². The Labute approximate surface area is 80.8 Å². The van der Waals surface area contributed by atoms with Crippen LogP contribution in [0.3, 0.4) is 0 Å². The van der Waals surface area contributed by atoms with Crippen LogP contribution in [0.4, 0.5) is 5.13 Å². The van der Waals surface area contributed by atoms with Crippen molar-refractivity contribution < 1.29 is 4.79 Å². The van der Waals surface area contributed by atoms with E-state index in [1.165, 1.54) is 11.3 Å². The third-order valence-electron chi connectivity index (χ3n) is 1.64. The van der Waals surface area contributed by atoms with Gasteiger partial charge in [-0.1, -0.05) is 11.3 Å². The van der Waals surface area contributed by atoms with Crippen molar-refractivity contribution in [2.24, 2.45) is 0 Å². The molecule has 72 valence electrons. The van der Waals surface area contributed by atoms with Gasteiger partial charge in [0.05, 0.1) is 0 Å². The highest BCUT2D eigenvalue weighted by Crippen LogP contribution is 2.15. The SMILES string of the molecule is CCN(C)C(=O)c1nnc(NC)s1. The van der Waals surface area contributed by atoms with Crippen molar-refractivity contribution in [3.8, 4) is 0 Å². The summed E-state index contributed by atoms with van der Waals surface area (Å²) in [6.07, 6.45) is 0. The first-order valence-corrected chi connectivity index (χ1v) is 4.77. The molecule has 1 heterocycles. The molecular formula is C7H12N4OS. The largest absolute Gasteiger partial charge is 0.363 e. The van der Waals surface area contributed by atoms with E-state index in [0.717, 1.165) is 0 Å². The number of nitrogens with zero attached hydrogens (tertiary/aromatic N) is 3. The number of carbonyl (C=O) groups excluding carboxylic acids is 1. The summed E-state index contributed by atoms with van der Waals surface area (Å²) in [4.78, 5) is 13.1. The van der Waals surface area contributed by atoms with Gasteiger partial charge in [0.2, 0.25) is 10.1 Å². The van der Waals surface area contributed by atoms with Crippen molar-refractivity contribution >= 4 is 22.4 Å². The van der Waals surface area contributed by atoms with Gasteiger partial charge in [0, 0.05) is 20.6 Å². The molecule has 0 bridgehead atoms. The lowest BCUT2D eigenvalue weighted by Gasteiger charge is -2.10. The number of hydrogen-bond acceptors (Lipinski definition) is 5. The van der Waals surface area contributed by atoms with Crippen molar-refractivity contribution in [1.82, 2.24) is 15.1 Å². The third kappa shape index (κ3) is 2.15. The van der Waals surface area contributed by atoms with Gasteiger partial charge in [-0.05, 0) is 6.92 Å². The molecule has 0 aromatic carbocycles. The Morgan fingerprint density at radius 3 is 2.77 bits per heavy atom. The Morgan fingerprint density at radius 2 is 2.31 bits per heavy atom. The molecule has 0 aliphatic carbocycles. The van der Waals surface area contributed by atoms with Crippen molar-refractivity contribution in [3.05, 3.63) is 5.01 Å². The van der Waals surface area contributed by atoms with E-state index < -0.39 is 0 Å². The van der Waals surface area contributed by atoms with E-state index in [-0.39, 0.29) is 5.91 Å². The zero-order valence-electron chi connectivity index (χ0n) is 7.87. The van der Waals surface area contributed by atoms with Gasteiger partial charge < -0.3 is 10.2 Å². The minimum atomic E-state index is -0.0819. The van der Waals surface area contributed by atoms with E-state index in [0.29, 0.717) is 16.7 Å². The molecule has 5 nitrogen and oxygen atoms in total. The molecule has 0 atom stereocenters. The zero-order valence-corrected chi connectivity index (χ0v) is 8.68. The van der Waals surface area contributed by atoms with E-state index in [2.05, 4.69) is 15.5 Å². The van der Waals surface area contributed by atoms with E-state index in [1.54, 1.807) is 19.0 Å². The maximum atomic E-state index is 11.5. The summed E-state index contributed by atoms with van der Waals surface area (Å²) in [7, 11) is 3.49. The lowest BCUT2D eigenvalue weighted by atomic mass is 10.5. The second-order valence-corrected chi connectivity index (χ2v) is 3.46. The first-order valence-electron chi connectivity index (χ1n) is 3.95. The lowest BCUT2D eigenvalue weighted by Crippen LogP contribution is -2.26. The number of anilines is 1. The van der Waals surface area contributed by atoms with Gasteiger partial charge in [-0.25, -0.2) is 0 Å². The fourth-order valence-corrected chi connectivity index (χ4v) is 1.41. The standard InChI is InChI=1S/C7H12N4OS/c1-4-11(3)6(12)5-9-10-7(8-2)13-5/h4H2,1-3H3,(H,8,10). The fourth-order valence-electron chi connectivity index (χ4n) is 0.718. The molecule has 0 unspecified atom stereocenters. The molecule has 0 radical (unpaired) electrons. The van der Waals surface area contributed by atoms with Crippen LogP contribution in [0.2, 0.25) is 0 Å². The number of amides is 1. The van der Waals surface area contributed by atoms with Crippen LogP contribution in [0.5, 0.6) is 0 Å². The minimum Gasteiger partial charge on any atom is -0.363 e. The van der Waals surface area contributed by atoms with Crippen molar-refractivity contribution in [3.63, 3.8) is 0 Å². The summed E-state index contributed by atoms with van der Waals surface area (Å²) in [5, 5.41) is 11.5. The third-order valence-corrected chi connectivity index (χ3v) is 2.57. The van der Waals surface area contributed by atoms with Crippen LogP contribution in [0.25, 0.3) is 0 Å².